The van der Waals surface area contributed by atoms with Gasteiger partial charge in [0.25, 0.3) is 0 Å². The first-order valence-corrected chi connectivity index (χ1v) is 10.7. The summed E-state index contributed by atoms with van der Waals surface area (Å²) >= 11 is 3.55. The van der Waals surface area contributed by atoms with Gasteiger partial charge in [0.15, 0.2) is 0 Å². The molecule has 0 amide bonds. The zero-order valence-electron chi connectivity index (χ0n) is 15.1. The number of hydrogen-bond acceptors (Lipinski definition) is 2. The van der Waals surface area contributed by atoms with Crippen molar-refractivity contribution in [3.05, 3.63) is 34.1 Å². The summed E-state index contributed by atoms with van der Waals surface area (Å²) in [7, 11) is 0. The molecule has 140 valence electrons. The van der Waals surface area contributed by atoms with Crippen LogP contribution in [-0.4, -0.2) is 36.2 Å². The summed E-state index contributed by atoms with van der Waals surface area (Å²) in [5.41, 5.74) is 1.11. The number of halogens is 2. The summed E-state index contributed by atoms with van der Waals surface area (Å²) in [4.78, 5) is 2.62. The predicted octanol–water partition coefficient (Wildman–Crippen LogP) is 5.03. The monoisotopic (exact) mass is 411 g/mol. The number of likely N-dealkylation sites (tertiary alicyclic amines) is 1. The smallest absolute Gasteiger partial charge is 0.123 e. The van der Waals surface area contributed by atoms with E-state index in [-0.39, 0.29) is 5.82 Å². The lowest BCUT2D eigenvalue weighted by Crippen LogP contribution is -2.36. The van der Waals surface area contributed by atoms with Crippen LogP contribution in [0.25, 0.3) is 0 Å². The van der Waals surface area contributed by atoms with Gasteiger partial charge in [-0.15, -0.1) is 0 Å². The second-order valence-corrected chi connectivity index (χ2v) is 8.94. The van der Waals surface area contributed by atoms with Crippen molar-refractivity contribution < 1.29 is 9.50 Å². The first kappa shape index (κ1) is 19.3. The number of rotatable bonds is 6. The van der Waals surface area contributed by atoms with Crippen LogP contribution >= 0.6 is 15.9 Å². The highest BCUT2D eigenvalue weighted by molar-refractivity contribution is 9.10. The van der Waals surface area contributed by atoms with Crippen molar-refractivity contribution in [2.75, 3.05) is 26.2 Å². The molecule has 4 heteroatoms. The molecule has 1 heterocycles. The van der Waals surface area contributed by atoms with Gasteiger partial charge >= 0.3 is 0 Å². The van der Waals surface area contributed by atoms with E-state index < -0.39 is 0 Å². The molecule has 0 unspecified atom stereocenters. The van der Waals surface area contributed by atoms with Crippen LogP contribution in [0.1, 0.15) is 50.5 Å². The molecular weight excluding hydrogens is 381 g/mol. The van der Waals surface area contributed by atoms with Gasteiger partial charge in [-0.25, -0.2) is 4.39 Å². The highest BCUT2D eigenvalue weighted by Gasteiger charge is 2.23. The largest absolute Gasteiger partial charge is 0.396 e. The van der Waals surface area contributed by atoms with Gasteiger partial charge in [0, 0.05) is 11.1 Å². The van der Waals surface area contributed by atoms with Crippen LogP contribution < -0.4 is 0 Å². The van der Waals surface area contributed by atoms with E-state index in [4.69, 9.17) is 0 Å². The Labute approximate surface area is 159 Å². The van der Waals surface area contributed by atoms with E-state index in [1.54, 1.807) is 6.07 Å². The second kappa shape index (κ2) is 9.48. The predicted molar refractivity (Wildman–Crippen MR) is 104 cm³/mol. The minimum atomic E-state index is -0.133. The van der Waals surface area contributed by atoms with Crippen LogP contribution in [0.15, 0.2) is 22.7 Å². The van der Waals surface area contributed by atoms with E-state index in [0.717, 1.165) is 22.4 Å². The fourth-order valence-corrected chi connectivity index (χ4v) is 4.90. The molecule has 3 rings (SSSR count). The van der Waals surface area contributed by atoms with E-state index in [0.29, 0.717) is 18.4 Å². The molecule has 0 bridgehead atoms. The molecule has 1 N–H and O–H groups in total. The normalized spacial score (nSPS) is 26.0. The third kappa shape index (κ3) is 5.77. The Morgan fingerprint density at radius 2 is 1.68 bits per heavy atom. The Hall–Kier alpha value is -0.450. The molecule has 0 radical (unpaired) electrons. The first-order chi connectivity index (χ1) is 12.1. The SMILES string of the molecule is OCC1CCC(CCN2CCC(Cc3cc(F)ccc3Br)CC2)CC1. The number of aliphatic hydroxyl groups excluding tert-OH is 1. The van der Waals surface area contributed by atoms with Crippen LogP contribution in [0.4, 0.5) is 4.39 Å². The van der Waals surface area contributed by atoms with Gasteiger partial charge in [-0.3, -0.25) is 0 Å². The van der Waals surface area contributed by atoms with Crippen LogP contribution in [-0.2, 0) is 6.42 Å². The van der Waals surface area contributed by atoms with E-state index in [2.05, 4.69) is 20.8 Å². The fourth-order valence-electron chi connectivity index (χ4n) is 4.49. The van der Waals surface area contributed by atoms with Gasteiger partial charge in [-0.05, 0) is 99.7 Å². The lowest BCUT2D eigenvalue weighted by molar-refractivity contribution is 0.141. The average molecular weight is 412 g/mol. The molecule has 1 aromatic carbocycles. The minimum absolute atomic E-state index is 0.133. The van der Waals surface area contributed by atoms with Gasteiger partial charge in [0.05, 0.1) is 0 Å². The molecule has 1 aliphatic carbocycles. The first-order valence-electron chi connectivity index (χ1n) is 9.91. The maximum Gasteiger partial charge on any atom is 0.123 e. The van der Waals surface area contributed by atoms with Crippen molar-refractivity contribution in [1.29, 1.82) is 0 Å². The van der Waals surface area contributed by atoms with Crippen LogP contribution in [0.5, 0.6) is 0 Å². The molecule has 2 nitrogen and oxygen atoms in total. The number of piperidine rings is 1. The Morgan fingerprint density at radius 1 is 1.00 bits per heavy atom. The topological polar surface area (TPSA) is 23.5 Å². The molecule has 1 saturated carbocycles. The van der Waals surface area contributed by atoms with Gasteiger partial charge in [0.2, 0.25) is 0 Å². The van der Waals surface area contributed by atoms with Crippen molar-refractivity contribution in [2.45, 2.75) is 51.4 Å². The summed E-state index contributed by atoms with van der Waals surface area (Å²) in [6.45, 7) is 3.97. The van der Waals surface area contributed by atoms with Crippen molar-refractivity contribution in [2.24, 2.45) is 17.8 Å². The lowest BCUT2D eigenvalue weighted by atomic mass is 9.80. The molecule has 2 aliphatic rings. The Morgan fingerprint density at radius 3 is 2.36 bits per heavy atom. The van der Waals surface area contributed by atoms with E-state index in [1.165, 1.54) is 70.6 Å². The summed E-state index contributed by atoms with van der Waals surface area (Å²) in [6.07, 6.45) is 9.78. The average Bonchev–Trinajstić information content (AvgIpc) is 2.64. The summed E-state index contributed by atoms with van der Waals surface area (Å²) < 4.78 is 14.5. The summed E-state index contributed by atoms with van der Waals surface area (Å²) in [6, 6.07) is 5.02. The molecule has 2 fully saturated rings. The van der Waals surface area contributed by atoms with E-state index in [9.17, 15) is 9.50 Å². The Bertz CT molecular complexity index is 537. The minimum Gasteiger partial charge on any atom is -0.396 e. The van der Waals surface area contributed by atoms with Gasteiger partial charge in [-0.2, -0.15) is 0 Å². The van der Waals surface area contributed by atoms with Gasteiger partial charge in [0.1, 0.15) is 5.82 Å². The van der Waals surface area contributed by atoms with Crippen molar-refractivity contribution in [1.82, 2.24) is 4.90 Å². The van der Waals surface area contributed by atoms with Crippen LogP contribution in [0, 0.1) is 23.6 Å². The number of nitrogens with zero attached hydrogens (tertiary/aromatic N) is 1. The van der Waals surface area contributed by atoms with E-state index >= 15 is 0 Å². The Kier molecular flexibility index (Phi) is 7.32. The maximum absolute atomic E-state index is 13.4. The molecule has 1 saturated heterocycles. The zero-order chi connectivity index (χ0) is 17.6. The second-order valence-electron chi connectivity index (χ2n) is 8.08. The highest BCUT2D eigenvalue weighted by atomic mass is 79.9. The number of aliphatic hydroxyl groups is 1. The molecule has 25 heavy (non-hydrogen) atoms. The molecule has 1 aliphatic heterocycles. The standard InChI is InChI=1S/C21H31BrFNO/c22-21-6-5-20(23)14-19(21)13-17-8-11-24(12-9-17)10-7-16-1-3-18(15-25)4-2-16/h5-6,14,16-18,25H,1-4,7-13,15H2. The summed E-state index contributed by atoms with van der Waals surface area (Å²) in [5, 5.41) is 9.24. The highest BCUT2D eigenvalue weighted by Crippen LogP contribution is 2.31. The number of benzene rings is 1. The summed E-state index contributed by atoms with van der Waals surface area (Å²) in [5.74, 6) is 1.97. The molecule has 0 aromatic heterocycles. The maximum atomic E-state index is 13.4. The quantitative estimate of drug-likeness (QED) is 0.708. The van der Waals surface area contributed by atoms with Crippen molar-refractivity contribution >= 4 is 15.9 Å². The third-order valence-corrected chi connectivity index (χ3v) is 7.08. The molecule has 0 spiro atoms. The molecule has 0 atom stereocenters. The fraction of sp³-hybridized carbons (Fsp3) is 0.714. The van der Waals surface area contributed by atoms with Crippen molar-refractivity contribution in [3.8, 4) is 0 Å². The van der Waals surface area contributed by atoms with Crippen molar-refractivity contribution in [3.63, 3.8) is 0 Å². The lowest BCUT2D eigenvalue weighted by Gasteiger charge is -2.34. The zero-order valence-corrected chi connectivity index (χ0v) is 16.7. The number of hydrogen-bond donors (Lipinski definition) is 1. The van der Waals surface area contributed by atoms with Gasteiger partial charge in [-0.1, -0.05) is 28.8 Å². The Balaban J connectivity index is 1.37. The van der Waals surface area contributed by atoms with Crippen LogP contribution in [0.3, 0.4) is 0 Å². The van der Waals surface area contributed by atoms with E-state index in [1.807, 2.05) is 6.07 Å². The molecule has 1 aromatic rings. The third-order valence-electron chi connectivity index (χ3n) is 6.30. The molecular formula is C21H31BrFNO. The van der Waals surface area contributed by atoms with Crippen LogP contribution in [0.2, 0.25) is 0 Å². The van der Waals surface area contributed by atoms with Gasteiger partial charge < -0.3 is 10.0 Å².